The van der Waals surface area contributed by atoms with Crippen LogP contribution in [0.25, 0.3) is 5.70 Å². The smallest absolute Gasteiger partial charge is 0.129 e. The summed E-state index contributed by atoms with van der Waals surface area (Å²) in [5, 5.41) is 3.62. The predicted octanol–water partition coefficient (Wildman–Crippen LogP) is 5.50. The van der Waals surface area contributed by atoms with E-state index in [1.54, 1.807) is 0 Å². The number of hydrogen-bond donors (Lipinski definition) is 1. The molecule has 3 aromatic carbocycles. The van der Waals surface area contributed by atoms with Gasteiger partial charge in [-0.2, -0.15) is 0 Å². The summed E-state index contributed by atoms with van der Waals surface area (Å²) >= 11 is 0. The molecule has 2 aliphatic rings. The van der Waals surface area contributed by atoms with E-state index in [1.807, 2.05) is 30.3 Å². The Morgan fingerprint density at radius 1 is 1.00 bits per heavy atom. The second-order valence-electron chi connectivity index (χ2n) is 6.89. The summed E-state index contributed by atoms with van der Waals surface area (Å²) in [6, 6.07) is 21.4. The van der Waals surface area contributed by atoms with Crippen molar-refractivity contribution in [2.45, 2.75) is 12.8 Å². The summed E-state index contributed by atoms with van der Waals surface area (Å²) in [4.78, 5) is 0. The van der Waals surface area contributed by atoms with Crippen LogP contribution in [0.15, 0.2) is 72.3 Å². The van der Waals surface area contributed by atoms with Gasteiger partial charge in [0, 0.05) is 22.7 Å². The van der Waals surface area contributed by atoms with Crippen LogP contribution in [0.3, 0.4) is 0 Å². The van der Waals surface area contributed by atoms with Crippen molar-refractivity contribution < 1.29 is 9.13 Å². The number of benzene rings is 3. The fourth-order valence-electron chi connectivity index (χ4n) is 3.97. The molecule has 0 saturated heterocycles. The molecule has 2 nitrogen and oxygen atoms in total. The third-order valence-corrected chi connectivity index (χ3v) is 5.19. The molecule has 128 valence electrons. The van der Waals surface area contributed by atoms with Crippen LogP contribution in [0, 0.1) is 12.7 Å². The zero-order valence-electron chi connectivity index (χ0n) is 14.4. The van der Waals surface area contributed by atoms with E-state index >= 15 is 0 Å². The zero-order valence-corrected chi connectivity index (χ0v) is 14.4. The van der Waals surface area contributed by atoms with Gasteiger partial charge < -0.3 is 10.1 Å². The summed E-state index contributed by atoms with van der Waals surface area (Å²) in [5.74, 6) is 0.730. The molecule has 2 heterocycles. The highest BCUT2D eigenvalue weighted by Gasteiger charge is 2.33. The maximum absolute atomic E-state index is 13.5. The Morgan fingerprint density at radius 3 is 2.65 bits per heavy atom. The number of rotatable bonds is 1. The number of nitrogens with one attached hydrogen (secondary N) is 1. The third-order valence-electron chi connectivity index (χ3n) is 5.19. The first-order valence-electron chi connectivity index (χ1n) is 8.79. The molecule has 0 bridgehead atoms. The van der Waals surface area contributed by atoms with Crippen LogP contribution in [0.5, 0.6) is 5.75 Å². The molecule has 2 aliphatic heterocycles. The zero-order chi connectivity index (χ0) is 17.7. The van der Waals surface area contributed by atoms with Crippen molar-refractivity contribution in [3.63, 3.8) is 0 Å². The Bertz CT molecular complexity index is 1040. The summed E-state index contributed by atoms with van der Waals surface area (Å²) in [7, 11) is 0. The lowest BCUT2D eigenvalue weighted by Gasteiger charge is -2.36. The van der Waals surface area contributed by atoms with Gasteiger partial charge in [0.05, 0.1) is 5.70 Å². The Hall–Kier alpha value is -3.07. The van der Waals surface area contributed by atoms with Crippen molar-refractivity contribution in [1.82, 2.24) is 0 Å². The van der Waals surface area contributed by atoms with Crippen LogP contribution < -0.4 is 10.1 Å². The van der Waals surface area contributed by atoms with Gasteiger partial charge in [-0.3, -0.25) is 0 Å². The minimum absolute atomic E-state index is 0.0510. The second-order valence-corrected chi connectivity index (χ2v) is 6.89. The molecule has 0 aliphatic carbocycles. The fourth-order valence-corrected chi connectivity index (χ4v) is 3.97. The lowest BCUT2D eigenvalue weighted by molar-refractivity contribution is 0.339. The minimum Gasteiger partial charge on any atom is -0.488 e. The Labute approximate surface area is 151 Å². The van der Waals surface area contributed by atoms with Crippen LogP contribution >= 0.6 is 0 Å². The molecule has 0 spiro atoms. The van der Waals surface area contributed by atoms with E-state index < -0.39 is 0 Å². The number of anilines is 1. The number of halogens is 1. The molecule has 3 heteroatoms. The molecule has 0 amide bonds. The van der Waals surface area contributed by atoms with Crippen molar-refractivity contribution in [1.29, 1.82) is 0 Å². The molecule has 5 rings (SSSR count). The molecule has 0 radical (unpaired) electrons. The molecule has 3 aromatic rings. The van der Waals surface area contributed by atoms with Gasteiger partial charge >= 0.3 is 0 Å². The summed E-state index contributed by atoms with van der Waals surface area (Å²) in [6.07, 6.45) is 0. The number of aryl methyl sites for hydroxylation is 1. The van der Waals surface area contributed by atoms with Crippen molar-refractivity contribution >= 4 is 11.4 Å². The highest BCUT2D eigenvalue weighted by atomic mass is 19.1. The Morgan fingerprint density at radius 2 is 1.81 bits per heavy atom. The molecule has 1 unspecified atom stereocenters. The summed E-state index contributed by atoms with van der Waals surface area (Å²) in [5.41, 5.74) is 7.96. The number of para-hydroxylation sites is 1. The number of fused-ring (bicyclic) bond motifs is 3. The number of hydrogen-bond acceptors (Lipinski definition) is 2. The molecule has 0 fully saturated rings. The highest BCUT2D eigenvalue weighted by Crippen LogP contribution is 2.47. The average molecular weight is 343 g/mol. The van der Waals surface area contributed by atoms with Crippen molar-refractivity contribution in [2.24, 2.45) is 0 Å². The minimum atomic E-state index is -0.216. The van der Waals surface area contributed by atoms with Gasteiger partial charge in [0.2, 0.25) is 0 Å². The number of ether oxygens (including phenoxy) is 1. The molecule has 1 atom stereocenters. The van der Waals surface area contributed by atoms with E-state index in [-0.39, 0.29) is 11.7 Å². The molecule has 1 N–H and O–H groups in total. The first-order valence-corrected chi connectivity index (χ1v) is 8.79. The van der Waals surface area contributed by atoms with Crippen LogP contribution in [0.1, 0.15) is 28.2 Å². The van der Waals surface area contributed by atoms with Crippen LogP contribution in [0.4, 0.5) is 10.1 Å². The van der Waals surface area contributed by atoms with Gasteiger partial charge in [-0.25, -0.2) is 4.39 Å². The first-order chi connectivity index (χ1) is 12.7. The van der Waals surface area contributed by atoms with Gasteiger partial charge in [-0.1, -0.05) is 42.0 Å². The van der Waals surface area contributed by atoms with Gasteiger partial charge in [0.15, 0.2) is 0 Å². The normalized spacial score (nSPS) is 17.5. The second kappa shape index (κ2) is 5.73. The van der Waals surface area contributed by atoms with Crippen molar-refractivity contribution in [3.8, 4) is 5.75 Å². The van der Waals surface area contributed by atoms with Gasteiger partial charge in [-0.05, 0) is 48.4 Å². The highest BCUT2D eigenvalue weighted by molar-refractivity contribution is 5.89. The van der Waals surface area contributed by atoms with Gasteiger partial charge in [0.25, 0.3) is 0 Å². The van der Waals surface area contributed by atoms with Crippen LogP contribution in [-0.2, 0) is 0 Å². The standard InChI is InChI=1S/C23H18FNO/c1-14-6-11-20-18(12-14)22(15-7-9-16(24)10-8-15)19-13-26-21-5-3-2-4-17(21)23(19)25-20/h2-12,22,25H,13H2,1H3. The van der Waals surface area contributed by atoms with Crippen LogP contribution in [-0.4, -0.2) is 6.61 Å². The SMILES string of the molecule is Cc1ccc2c(c1)C(c1ccc(F)cc1)C1=C(N2)c2ccccc2OC1. The fraction of sp³-hybridized carbons (Fsp3) is 0.130. The third kappa shape index (κ3) is 2.31. The first kappa shape index (κ1) is 15.2. The van der Waals surface area contributed by atoms with E-state index in [1.165, 1.54) is 28.8 Å². The quantitative estimate of drug-likeness (QED) is 0.630. The maximum Gasteiger partial charge on any atom is 0.129 e. The molecule has 26 heavy (non-hydrogen) atoms. The van der Waals surface area contributed by atoms with E-state index in [4.69, 9.17) is 4.74 Å². The Kier molecular flexibility index (Phi) is 3.35. The lowest BCUT2D eigenvalue weighted by Crippen LogP contribution is -2.25. The topological polar surface area (TPSA) is 21.3 Å². The van der Waals surface area contributed by atoms with Crippen molar-refractivity contribution in [2.75, 3.05) is 11.9 Å². The predicted molar refractivity (Wildman–Crippen MR) is 102 cm³/mol. The van der Waals surface area contributed by atoms with E-state index in [2.05, 4.69) is 36.5 Å². The molecule has 0 saturated carbocycles. The average Bonchev–Trinajstić information content (AvgIpc) is 2.67. The maximum atomic E-state index is 13.5. The van der Waals surface area contributed by atoms with Gasteiger partial charge in [-0.15, -0.1) is 0 Å². The molecular formula is C23H18FNO. The molecular weight excluding hydrogens is 325 g/mol. The Balaban J connectivity index is 1.75. The van der Waals surface area contributed by atoms with E-state index in [9.17, 15) is 4.39 Å². The van der Waals surface area contributed by atoms with E-state index in [0.29, 0.717) is 6.61 Å². The van der Waals surface area contributed by atoms with E-state index in [0.717, 1.165) is 28.3 Å². The molecule has 0 aromatic heterocycles. The summed E-state index contributed by atoms with van der Waals surface area (Å²) < 4.78 is 19.5. The van der Waals surface area contributed by atoms with Gasteiger partial charge in [0.1, 0.15) is 18.2 Å². The lowest BCUT2D eigenvalue weighted by atomic mass is 9.78. The monoisotopic (exact) mass is 343 g/mol. The largest absolute Gasteiger partial charge is 0.488 e. The summed E-state index contributed by atoms with van der Waals surface area (Å²) in [6.45, 7) is 2.62. The van der Waals surface area contributed by atoms with Crippen molar-refractivity contribution in [3.05, 3.63) is 100 Å². The van der Waals surface area contributed by atoms with Crippen LogP contribution in [0.2, 0.25) is 0 Å².